The molecule has 0 rings (SSSR count). The van der Waals surface area contributed by atoms with E-state index in [0.717, 1.165) is 13.0 Å². The topological polar surface area (TPSA) is 32.3 Å². The van der Waals surface area contributed by atoms with Crippen LogP contribution in [0.15, 0.2) is 0 Å². The maximum Gasteiger partial charge on any atom is 0.0434 e. The van der Waals surface area contributed by atoms with E-state index in [1.165, 1.54) is 6.42 Å². The van der Waals surface area contributed by atoms with Crippen LogP contribution in [-0.4, -0.2) is 24.3 Å². The van der Waals surface area contributed by atoms with Crippen molar-refractivity contribution < 1.29 is 5.11 Å². The van der Waals surface area contributed by atoms with Crippen molar-refractivity contribution in [3.05, 3.63) is 0 Å². The van der Waals surface area contributed by atoms with Gasteiger partial charge in [-0.2, -0.15) is 0 Å². The molecular formula is C14H31NO. The summed E-state index contributed by atoms with van der Waals surface area (Å²) in [5.41, 5.74) is 0.307. The fourth-order valence-electron chi connectivity index (χ4n) is 1.80. The van der Waals surface area contributed by atoms with Gasteiger partial charge in [0, 0.05) is 12.6 Å². The van der Waals surface area contributed by atoms with Crippen LogP contribution in [0, 0.1) is 17.3 Å². The Morgan fingerprint density at radius 2 is 1.69 bits per heavy atom. The molecule has 0 bridgehead atoms. The summed E-state index contributed by atoms with van der Waals surface area (Å²) in [5, 5.41) is 12.6. The molecular weight excluding hydrogens is 198 g/mol. The molecule has 0 aromatic rings. The Bertz CT molecular complexity index is 172. The van der Waals surface area contributed by atoms with Gasteiger partial charge in [0.05, 0.1) is 0 Å². The number of aliphatic hydroxyl groups is 1. The Labute approximate surface area is 102 Å². The van der Waals surface area contributed by atoms with Gasteiger partial charge in [-0.25, -0.2) is 0 Å². The molecule has 0 spiro atoms. The van der Waals surface area contributed by atoms with Gasteiger partial charge in [0.15, 0.2) is 0 Å². The summed E-state index contributed by atoms with van der Waals surface area (Å²) in [4.78, 5) is 0. The number of aliphatic hydroxyl groups excluding tert-OH is 1. The molecule has 0 amide bonds. The summed E-state index contributed by atoms with van der Waals surface area (Å²) in [6.45, 7) is 14.8. The molecule has 0 saturated carbocycles. The van der Waals surface area contributed by atoms with Gasteiger partial charge in [-0.1, -0.05) is 34.6 Å². The van der Waals surface area contributed by atoms with Crippen LogP contribution in [0.2, 0.25) is 0 Å². The fourth-order valence-corrected chi connectivity index (χ4v) is 1.80. The number of hydrogen-bond acceptors (Lipinski definition) is 2. The summed E-state index contributed by atoms with van der Waals surface area (Å²) in [6, 6.07) is 0.515. The summed E-state index contributed by atoms with van der Waals surface area (Å²) < 4.78 is 0. The van der Waals surface area contributed by atoms with E-state index < -0.39 is 0 Å². The van der Waals surface area contributed by atoms with Crippen molar-refractivity contribution in [2.75, 3.05) is 13.2 Å². The minimum Gasteiger partial charge on any atom is -0.396 e. The standard InChI is InChI=1S/C14H31NO/c1-11(2)9-13(7-8-16)10-15-12(3)14(4,5)6/h11-13,15-16H,7-10H2,1-6H3. The highest BCUT2D eigenvalue weighted by atomic mass is 16.3. The highest BCUT2D eigenvalue weighted by Crippen LogP contribution is 2.20. The lowest BCUT2D eigenvalue weighted by atomic mass is 9.87. The largest absolute Gasteiger partial charge is 0.396 e. The second kappa shape index (κ2) is 7.29. The van der Waals surface area contributed by atoms with Crippen LogP contribution in [-0.2, 0) is 0 Å². The van der Waals surface area contributed by atoms with E-state index in [4.69, 9.17) is 5.11 Å². The van der Waals surface area contributed by atoms with E-state index in [1.807, 2.05) is 0 Å². The van der Waals surface area contributed by atoms with Crippen molar-refractivity contribution in [2.24, 2.45) is 17.3 Å². The van der Waals surface area contributed by atoms with E-state index in [9.17, 15) is 0 Å². The SMILES string of the molecule is CC(C)CC(CCO)CNC(C)C(C)(C)C. The average molecular weight is 229 g/mol. The lowest BCUT2D eigenvalue weighted by Crippen LogP contribution is -2.40. The Morgan fingerprint density at radius 1 is 1.12 bits per heavy atom. The monoisotopic (exact) mass is 229 g/mol. The zero-order valence-electron chi connectivity index (χ0n) is 12.0. The first kappa shape index (κ1) is 15.9. The van der Waals surface area contributed by atoms with Crippen molar-refractivity contribution >= 4 is 0 Å². The first-order valence-electron chi connectivity index (χ1n) is 6.61. The Hall–Kier alpha value is -0.0800. The van der Waals surface area contributed by atoms with Crippen molar-refractivity contribution in [3.8, 4) is 0 Å². The molecule has 16 heavy (non-hydrogen) atoms. The number of rotatable bonds is 7. The van der Waals surface area contributed by atoms with E-state index >= 15 is 0 Å². The van der Waals surface area contributed by atoms with E-state index in [-0.39, 0.29) is 0 Å². The predicted molar refractivity (Wildman–Crippen MR) is 71.6 cm³/mol. The highest BCUT2D eigenvalue weighted by Gasteiger charge is 2.20. The van der Waals surface area contributed by atoms with Crippen molar-refractivity contribution in [3.63, 3.8) is 0 Å². The maximum atomic E-state index is 9.05. The average Bonchev–Trinajstić information content (AvgIpc) is 2.11. The molecule has 0 aromatic heterocycles. The molecule has 0 saturated heterocycles. The molecule has 0 radical (unpaired) electrons. The zero-order chi connectivity index (χ0) is 12.8. The van der Waals surface area contributed by atoms with Gasteiger partial charge in [0.2, 0.25) is 0 Å². The minimum absolute atomic E-state index is 0.307. The third-order valence-corrected chi connectivity index (χ3v) is 3.35. The molecule has 0 heterocycles. The lowest BCUT2D eigenvalue weighted by molar-refractivity contribution is 0.220. The minimum atomic E-state index is 0.307. The summed E-state index contributed by atoms with van der Waals surface area (Å²) in [7, 11) is 0. The Morgan fingerprint density at radius 3 is 2.06 bits per heavy atom. The fraction of sp³-hybridized carbons (Fsp3) is 1.00. The van der Waals surface area contributed by atoms with Crippen LogP contribution >= 0.6 is 0 Å². The normalized spacial score (nSPS) is 16.5. The number of nitrogens with one attached hydrogen (secondary N) is 1. The van der Waals surface area contributed by atoms with Crippen molar-refractivity contribution in [1.82, 2.24) is 5.32 Å². The van der Waals surface area contributed by atoms with Crippen LogP contribution in [0.25, 0.3) is 0 Å². The summed E-state index contributed by atoms with van der Waals surface area (Å²) in [5.74, 6) is 1.32. The molecule has 0 aliphatic carbocycles. The second-order valence-corrected chi connectivity index (χ2v) is 6.50. The molecule has 2 nitrogen and oxygen atoms in total. The Balaban J connectivity index is 4.01. The summed E-state index contributed by atoms with van der Waals surface area (Å²) >= 11 is 0. The molecule has 0 aromatic carbocycles. The van der Waals surface area contributed by atoms with Crippen LogP contribution in [0.1, 0.15) is 54.4 Å². The van der Waals surface area contributed by atoms with E-state index in [2.05, 4.69) is 46.9 Å². The lowest BCUT2D eigenvalue weighted by Gasteiger charge is -2.30. The third kappa shape index (κ3) is 7.24. The molecule has 2 heteroatoms. The van der Waals surface area contributed by atoms with Crippen LogP contribution in [0.3, 0.4) is 0 Å². The quantitative estimate of drug-likeness (QED) is 0.703. The molecule has 2 atom stereocenters. The maximum absolute atomic E-state index is 9.05. The first-order chi connectivity index (χ1) is 7.27. The molecule has 2 unspecified atom stereocenters. The molecule has 0 aliphatic heterocycles. The highest BCUT2D eigenvalue weighted by molar-refractivity contribution is 4.77. The van der Waals surface area contributed by atoms with E-state index in [0.29, 0.717) is 29.9 Å². The van der Waals surface area contributed by atoms with Gasteiger partial charge < -0.3 is 10.4 Å². The van der Waals surface area contributed by atoms with Gasteiger partial charge >= 0.3 is 0 Å². The Kier molecular flexibility index (Phi) is 7.25. The van der Waals surface area contributed by atoms with Gasteiger partial charge in [-0.3, -0.25) is 0 Å². The zero-order valence-corrected chi connectivity index (χ0v) is 12.0. The third-order valence-electron chi connectivity index (χ3n) is 3.35. The van der Waals surface area contributed by atoms with Crippen molar-refractivity contribution in [2.45, 2.75) is 60.4 Å². The van der Waals surface area contributed by atoms with Crippen LogP contribution in [0.4, 0.5) is 0 Å². The predicted octanol–water partition coefficient (Wildman–Crippen LogP) is 3.06. The van der Waals surface area contributed by atoms with Crippen LogP contribution < -0.4 is 5.32 Å². The van der Waals surface area contributed by atoms with Gasteiger partial charge in [0.1, 0.15) is 0 Å². The van der Waals surface area contributed by atoms with E-state index in [1.54, 1.807) is 0 Å². The first-order valence-corrected chi connectivity index (χ1v) is 6.61. The molecule has 0 fully saturated rings. The van der Waals surface area contributed by atoms with Gasteiger partial charge in [0.25, 0.3) is 0 Å². The molecule has 2 N–H and O–H groups in total. The molecule has 98 valence electrons. The van der Waals surface area contributed by atoms with Gasteiger partial charge in [-0.05, 0) is 43.6 Å². The molecule has 0 aliphatic rings. The van der Waals surface area contributed by atoms with Gasteiger partial charge in [-0.15, -0.1) is 0 Å². The van der Waals surface area contributed by atoms with Crippen molar-refractivity contribution in [1.29, 1.82) is 0 Å². The smallest absolute Gasteiger partial charge is 0.0434 e. The number of hydrogen-bond donors (Lipinski definition) is 2. The summed E-state index contributed by atoms with van der Waals surface area (Å²) in [6.07, 6.45) is 2.12. The second-order valence-electron chi connectivity index (χ2n) is 6.50. The van der Waals surface area contributed by atoms with Crippen LogP contribution in [0.5, 0.6) is 0 Å².